The fraction of sp³-hybridized carbons (Fsp3) is 0.500. The first-order valence-corrected chi connectivity index (χ1v) is 6.32. The number of aryl methyl sites for hydroxylation is 1. The lowest BCUT2D eigenvalue weighted by atomic mass is 10.1. The molecule has 0 bridgehead atoms. The van der Waals surface area contributed by atoms with Crippen molar-refractivity contribution >= 4 is 5.97 Å². The predicted octanol–water partition coefficient (Wildman–Crippen LogP) is 1.41. The van der Waals surface area contributed by atoms with Gasteiger partial charge in [-0.25, -0.2) is 0 Å². The van der Waals surface area contributed by atoms with Crippen LogP contribution in [0.1, 0.15) is 12.0 Å². The summed E-state index contributed by atoms with van der Waals surface area (Å²) >= 11 is 0. The van der Waals surface area contributed by atoms with Crippen molar-refractivity contribution < 1.29 is 19.4 Å². The van der Waals surface area contributed by atoms with Gasteiger partial charge in [-0.2, -0.15) is 0 Å². The number of likely N-dealkylation sites (tertiary alicyclic amines) is 1. The Kier molecular flexibility index (Phi) is 4.27. The number of hydrogen-bond donors (Lipinski definition) is 1. The van der Waals surface area contributed by atoms with Crippen molar-refractivity contribution in [2.24, 2.45) is 0 Å². The van der Waals surface area contributed by atoms with Gasteiger partial charge in [-0.05, 0) is 31.2 Å². The van der Waals surface area contributed by atoms with E-state index in [1.165, 1.54) is 0 Å². The van der Waals surface area contributed by atoms with E-state index in [0.717, 1.165) is 24.4 Å². The van der Waals surface area contributed by atoms with Gasteiger partial charge in [0.2, 0.25) is 0 Å². The molecule has 1 aliphatic rings. The molecule has 5 nitrogen and oxygen atoms in total. The number of methoxy groups -OCH3 is 1. The number of benzene rings is 1. The molecule has 0 radical (unpaired) electrons. The Morgan fingerprint density at radius 2 is 2.16 bits per heavy atom. The second kappa shape index (κ2) is 5.93. The minimum absolute atomic E-state index is 0.122. The number of likely N-dealkylation sites (N-methyl/N-ethyl adjacent to an activating group) is 1. The largest absolute Gasteiger partial charge is 0.493 e. The lowest BCUT2D eigenvalue weighted by Crippen LogP contribution is -2.51. The Balaban J connectivity index is 2.01. The normalized spacial score (nSPS) is 15.9. The summed E-state index contributed by atoms with van der Waals surface area (Å²) in [6.07, 6.45) is 0.832. The van der Waals surface area contributed by atoms with Crippen molar-refractivity contribution in [3.05, 3.63) is 23.8 Å². The molecular formula is C14H19NO4. The molecule has 0 spiro atoms. The lowest BCUT2D eigenvalue weighted by Gasteiger charge is -2.36. The van der Waals surface area contributed by atoms with Crippen LogP contribution in [-0.2, 0) is 11.2 Å². The first-order chi connectivity index (χ1) is 9.08. The van der Waals surface area contributed by atoms with Crippen LogP contribution in [0.5, 0.6) is 11.5 Å². The van der Waals surface area contributed by atoms with E-state index in [2.05, 4.69) is 4.90 Å². The van der Waals surface area contributed by atoms with Gasteiger partial charge in [0.15, 0.2) is 11.5 Å². The van der Waals surface area contributed by atoms with E-state index in [4.69, 9.17) is 14.6 Å². The highest BCUT2D eigenvalue weighted by molar-refractivity contribution is 5.67. The monoisotopic (exact) mass is 265 g/mol. The molecule has 1 aromatic carbocycles. The summed E-state index contributed by atoms with van der Waals surface area (Å²) < 4.78 is 11.1. The van der Waals surface area contributed by atoms with Crippen LogP contribution in [0, 0.1) is 0 Å². The highest BCUT2D eigenvalue weighted by atomic mass is 16.5. The third-order valence-corrected chi connectivity index (χ3v) is 3.18. The van der Waals surface area contributed by atoms with Crippen LogP contribution in [0.3, 0.4) is 0 Å². The van der Waals surface area contributed by atoms with Gasteiger partial charge in [-0.15, -0.1) is 0 Å². The van der Waals surface area contributed by atoms with Gasteiger partial charge in [0.1, 0.15) is 6.10 Å². The van der Waals surface area contributed by atoms with Gasteiger partial charge in [0.05, 0.1) is 7.11 Å². The second-order valence-electron chi connectivity index (χ2n) is 4.84. The zero-order valence-corrected chi connectivity index (χ0v) is 11.3. The topological polar surface area (TPSA) is 59.0 Å². The Hall–Kier alpha value is -1.75. The van der Waals surface area contributed by atoms with Crippen LogP contribution in [0.25, 0.3) is 0 Å². The van der Waals surface area contributed by atoms with Gasteiger partial charge in [-0.1, -0.05) is 6.07 Å². The van der Waals surface area contributed by atoms with Gasteiger partial charge in [-0.3, -0.25) is 9.69 Å². The SMILES string of the molecule is COc1cc(CCC(=O)O)ccc1OC1CN(C)C1. The van der Waals surface area contributed by atoms with Crippen LogP contribution in [0.2, 0.25) is 0 Å². The number of aliphatic carboxylic acids is 1. The highest BCUT2D eigenvalue weighted by Gasteiger charge is 2.25. The zero-order valence-electron chi connectivity index (χ0n) is 11.3. The van der Waals surface area contributed by atoms with Crippen LogP contribution in [0.4, 0.5) is 0 Å². The van der Waals surface area contributed by atoms with Crippen molar-refractivity contribution in [2.45, 2.75) is 18.9 Å². The molecule has 1 fully saturated rings. The number of hydrogen-bond acceptors (Lipinski definition) is 4. The Morgan fingerprint density at radius 1 is 1.42 bits per heavy atom. The number of carbonyl (C=O) groups is 1. The quantitative estimate of drug-likeness (QED) is 0.842. The molecule has 5 heteroatoms. The maximum atomic E-state index is 10.6. The first-order valence-electron chi connectivity index (χ1n) is 6.32. The summed E-state index contributed by atoms with van der Waals surface area (Å²) in [5, 5.41) is 8.68. The summed E-state index contributed by atoms with van der Waals surface area (Å²) in [5.74, 6) is 0.592. The molecule has 104 valence electrons. The molecule has 1 saturated heterocycles. The van der Waals surface area contributed by atoms with Crippen LogP contribution >= 0.6 is 0 Å². The molecule has 0 atom stereocenters. The van der Waals surface area contributed by atoms with E-state index in [9.17, 15) is 4.79 Å². The number of carboxylic acids is 1. The summed E-state index contributed by atoms with van der Waals surface area (Å²) in [6, 6.07) is 5.60. The van der Waals surface area contributed by atoms with Crippen molar-refractivity contribution in [3.8, 4) is 11.5 Å². The molecule has 0 unspecified atom stereocenters. The fourth-order valence-corrected chi connectivity index (χ4v) is 2.11. The van der Waals surface area contributed by atoms with E-state index in [-0.39, 0.29) is 12.5 Å². The number of nitrogens with zero attached hydrogens (tertiary/aromatic N) is 1. The Labute approximate surface area is 112 Å². The van der Waals surface area contributed by atoms with Gasteiger partial charge in [0, 0.05) is 19.5 Å². The smallest absolute Gasteiger partial charge is 0.303 e. The fourth-order valence-electron chi connectivity index (χ4n) is 2.11. The summed E-state index contributed by atoms with van der Waals surface area (Å²) in [6.45, 7) is 1.84. The first kappa shape index (κ1) is 13.7. The third-order valence-electron chi connectivity index (χ3n) is 3.18. The molecule has 0 amide bonds. The van der Waals surface area contributed by atoms with Gasteiger partial charge in [0.25, 0.3) is 0 Å². The minimum Gasteiger partial charge on any atom is -0.493 e. The summed E-state index contributed by atoms with van der Waals surface area (Å²) in [5.41, 5.74) is 0.942. The number of ether oxygens (including phenoxy) is 2. The van der Waals surface area contributed by atoms with Gasteiger partial charge < -0.3 is 14.6 Å². The molecule has 0 aromatic heterocycles. The van der Waals surface area contributed by atoms with E-state index in [1.807, 2.05) is 25.2 Å². The zero-order chi connectivity index (χ0) is 13.8. The predicted molar refractivity (Wildman–Crippen MR) is 70.9 cm³/mol. The van der Waals surface area contributed by atoms with Crippen molar-refractivity contribution in [2.75, 3.05) is 27.2 Å². The molecule has 2 rings (SSSR count). The molecule has 1 aromatic rings. The number of rotatable bonds is 6. The second-order valence-corrected chi connectivity index (χ2v) is 4.84. The van der Waals surface area contributed by atoms with Crippen LogP contribution in [0.15, 0.2) is 18.2 Å². The van der Waals surface area contributed by atoms with Crippen molar-refractivity contribution in [1.29, 1.82) is 0 Å². The van der Waals surface area contributed by atoms with Crippen molar-refractivity contribution in [3.63, 3.8) is 0 Å². The maximum absolute atomic E-state index is 10.6. The minimum atomic E-state index is -0.795. The maximum Gasteiger partial charge on any atom is 0.303 e. The van der Waals surface area contributed by atoms with E-state index in [1.54, 1.807) is 7.11 Å². The average molecular weight is 265 g/mol. The summed E-state index contributed by atoms with van der Waals surface area (Å²) in [7, 11) is 3.64. The Morgan fingerprint density at radius 3 is 2.74 bits per heavy atom. The van der Waals surface area contributed by atoms with Crippen LogP contribution in [-0.4, -0.2) is 49.3 Å². The van der Waals surface area contributed by atoms with Crippen molar-refractivity contribution in [1.82, 2.24) is 4.90 Å². The highest BCUT2D eigenvalue weighted by Crippen LogP contribution is 2.30. The molecule has 19 heavy (non-hydrogen) atoms. The molecule has 1 aliphatic heterocycles. The average Bonchev–Trinajstić information content (AvgIpc) is 2.35. The van der Waals surface area contributed by atoms with E-state index < -0.39 is 5.97 Å². The summed E-state index contributed by atoms with van der Waals surface area (Å²) in [4.78, 5) is 12.7. The molecule has 0 saturated carbocycles. The van der Waals surface area contributed by atoms with E-state index >= 15 is 0 Å². The van der Waals surface area contributed by atoms with Crippen LogP contribution < -0.4 is 9.47 Å². The number of carboxylic acid groups (broad SMARTS) is 1. The third kappa shape index (κ3) is 3.61. The van der Waals surface area contributed by atoms with Gasteiger partial charge >= 0.3 is 5.97 Å². The lowest BCUT2D eigenvalue weighted by molar-refractivity contribution is -0.136. The molecule has 0 aliphatic carbocycles. The molecule has 1 N–H and O–H groups in total. The van der Waals surface area contributed by atoms with E-state index in [0.29, 0.717) is 12.2 Å². The standard InChI is InChI=1S/C14H19NO4/c1-15-8-11(9-15)19-12-5-3-10(4-6-14(16)17)7-13(12)18-2/h3,5,7,11H,4,6,8-9H2,1-2H3,(H,16,17). The molecular weight excluding hydrogens is 246 g/mol. The Bertz CT molecular complexity index is 455. The molecule has 1 heterocycles.